The maximum Gasteiger partial charge on any atom is 0.126 e. The highest BCUT2D eigenvalue weighted by atomic mass is 16.5. The molecule has 0 spiro atoms. The van der Waals surface area contributed by atoms with Crippen LogP contribution < -0.4 is 0 Å². The number of carbonyl (C=O) groups is 1. The Morgan fingerprint density at radius 3 is 2.62 bits per heavy atom. The average Bonchev–Trinajstić information content (AvgIpc) is 1.83. The van der Waals surface area contributed by atoms with Crippen LogP contribution in [0.3, 0.4) is 0 Å². The molecule has 0 aromatic rings. The minimum Gasteiger partial charge on any atom is -0.505 e. The summed E-state index contributed by atoms with van der Waals surface area (Å²) < 4.78 is 4.57. The summed E-state index contributed by atoms with van der Waals surface area (Å²) in [5.41, 5.74) is 0. The lowest BCUT2D eigenvalue weighted by Crippen LogP contribution is -1.88. The maximum absolute atomic E-state index is 9.90. The van der Waals surface area contributed by atoms with Crippen molar-refractivity contribution in [2.45, 2.75) is 6.92 Å². The van der Waals surface area contributed by atoms with Gasteiger partial charge in [0, 0.05) is 5.92 Å². The van der Waals surface area contributed by atoms with Crippen LogP contribution in [0.25, 0.3) is 0 Å². The largest absolute Gasteiger partial charge is 0.505 e. The van der Waals surface area contributed by atoms with Gasteiger partial charge in [-0.2, -0.15) is 0 Å². The summed E-state index contributed by atoms with van der Waals surface area (Å²) in [6.45, 7) is 1.79. The highest BCUT2D eigenvalue weighted by Crippen LogP contribution is 1.89. The first-order valence-electron chi connectivity index (χ1n) is 2.46. The standard InChI is InChI=1S/C6H10O2/c1-6(5-7)3-4-8-2/h3-6H,1-2H3/b4-3+/t6-/m0/s1. The number of hydrogen-bond acceptors (Lipinski definition) is 2. The third-order valence-corrected chi connectivity index (χ3v) is 0.733. The molecule has 0 heterocycles. The molecule has 0 N–H and O–H groups in total. The molecule has 0 amide bonds. The lowest BCUT2D eigenvalue weighted by molar-refractivity contribution is -0.109. The van der Waals surface area contributed by atoms with Crippen LogP contribution in [0.15, 0.2) is 12.3 Å². The van der Waals surface area contributed by atoms with Gasteiger partial charge in [-0.25, -0.2) is 0 Å². The summed E-state index contributed by atoms with van der Waals surface area (Å²) in [4.78, 5) is 9.90. The SMILES string of the molecule is CO/C=C/[C@H](C)C=O. The molecule has 1 atom stereocenters. The number of aldehydes is 1. The number of allylic oxidation sites excluding steroid dienone is 1. The van der Waals surface area contributed by atoms with E-state index in [1.165, 1.54) is 6.26 Å². The summed E-state index contributed by atoms with van der Waals surface area (Å²) in [6.07, 6.45) is 4.04. The summed E-state index contributed by atoms with van der Waals surface area (Å²) in [5.74, 6) is -0.0325. The van der Waals surface area contributed by atoms with Crippen molar-refractivity contribution in [3.8, 4) is 0 Å². The van der Waals surface area contributed by atoms with Gasteiger partial charge in [-0.1, -0.05) is 6.92 Å². The Hall–Kier alpha value is -0.790. The van der Waals surface area contributed by atoms with E-state index in [1.807, 2.05) is 0 Å². The summed E-state index contributed by atoms with van der Waals surface area (Å²) in [6, 6.07) is 0. The summed E-state index contributed by atoms with van der Waals surface area (Å²) >= 11 is 0. The quantitative estimate of drug-likeness (QED) is 0.404. The molecule has 0 bridgehead atoms. The van der Waals surface area contributed by atoms with E-state index in [9.17, 15) is 4.79 Å². The van der Waals surface area contributed by atoms with Crippen LogP contribution in [0.4, 0.5) is 0 Å². The van der Waals surface area contributed by atoms with Crippen molar-refractivity contribution in [1.29, 1.82) is 0 Å². The summed E-state index contributed by atoms with van der Waals surface area (Å²) in [5, 5.41) is 0. The number of rotatable bonds is 3. The van der Waals surface area contributed by atoms with Crippen LogP contribution in [0.2, 0.25) is 0 Å². The van der Waals surface area contributed by atoms with E-state index in [0.29, 0.717) is 0 Å². The van der Waals surface area contributed by atoms with Gasteiger partial charge in [-0.3, -0.25) is 0 Å². The minimum atomic E-state index is -0.0325. The molecule has 0 unspecified atom stereocenters. The molecule has 0 aliphatic heterocycles. The van der Waals surface area contributed by atoms with Gasteiger partial charge in [-0.05, 0) is 6.08 Å². The fourth-order valence-corrected chi connectivity index (χ4v) is 0.248. The van der Waals surface area contributed by atoms with Gasteiger partial charge in [0.2, 0.25) is 0 Å². The zero-order valence-electron chi connectivity index (χ0n) is 5.13. The molecule has 0 aliphatic rings. The average molecular weight is 114 g/mol. The molecular weight excluding hydrogens is 104 g/mol. The normalized spacial score (nSPS) is 13.8. The van der Waals surface area contributed by atoms with E-state index in [4.69, 9.17) is 0 Å². The monoisotopic (exact) mass is 114 g/mol. The van der Waals surface area contributed by atoms with Crippen molar-refractivity contribution in [1.82, 2.24) is 0 Å². The highest BCUT2D eigenvalue weighted by Gasteiger charge is 1.88. The smallest absolute Gasteiger partial charge is 0.126 e. The third kappa shape index (κ3) is 3.40. The number of hydrogen-bond donors (Lipinski definition) is 0. The van der Waals surface area contributed by atoms with Crippen molar-refractivity contribution in [2.75, 3.05) is 7.11 Å². The van der Waals surface area contributed by atoms with Gasteiger partial charge in [0.1, 0.15) is 6.29 Å². The molecule has 0 saturated heterocycles. The molecule has 0 aliphatic carbocycles. The second-order valence-electron chi connectivity index (χ2n) is 1.56. The molecule has 0 aromatic heterocycles. The topological polar surface area (TPSA) is 26.3 Å². The molecule has 8 heavy (non-hydrogen) atoms. The number of ether oxygens (including phenoxy) is 1. The van der Waals surface area contributed by atoms with Crippen LogP contribution in [-0.2, 0) is 9.53 Å². The van der Waals surface area contributed by atoms with Crippen LogP contribution in [0, 0.1) is 5.92 Å². The van der Waals surface area contributed by atoms with E-state index >= 15 is 0 Å². The first kappa shape index (κ1) is 7.21. The molecule has 0 aromatic carbocycles. The molecule has 0 rings (SSSR count). The van der Waals surface area contributed by atoms with Crippen molar-refractivity contribution in [2.24, 2.45) is 5.92 Å². The molecular formula is C6H10O2. The Morgan fingerprint density at radius 1 is 1.62 bits per heavy atom. The van der Waals surface area contributed by atoms with E-state index < -0.39 is 0 Å². The first-order chi connectivity index (χ1) is 3.81. The number of methoxy groups -OCH3 is 1. The summed E-state index contributed by atoms with van der Waals surface area (Å²) in [7, 11) is 1.55. The lowest BCUT2D eigenvalue weighted by Gasteiger charge is -1.89. The van der Waals surface area contributed by atoms with Gasteiger partial charge in [0.25, 0.3) is 0 Å². The molecule has 0 saturated carbocycles. The number of carbonyl (C=O) groups excluding carboxylic acids is 1. The van der Waals surface area contributed by atoms with Crippen molar-refractivity contribution >= 4 is 6.29 Å². The zero-order chi connectivity index (χ0) is 6.41. The van der Waals surface area contributed by atoms with E-state index in [-0.39, 0.29) is 5.92 Å². The maximum atomic E-state index is 9.90. The van der Waals surface area contributed by atoms with Gasteiger partial charge >= 0.3 is 0 Å². The van der Waals surface area contributed by atoms with E-state index in [0.717, 1.165) is 6.29 Å². The van der Waals surface area contributed by atoms with Crippen LogP contribution in [0.1, 0.15) is 6.92 Å². The third-order valence-electron chi connectivity index (χ3n) is 0.733. The van der Waals surface area contributed by atoms with Gasteiger partial charge in [0.15, 0.2) is 0 Å². The predicted octanol–water partition coefficient (Wildman–Crippen LogP) is 0.982. The molecule has 2 heteroatoms. The van der Waals surface area contributed by atoms with Crippen LogP contribution in [0.5, 0.6) is 0 Å². The van der Waals surface area contributed by atoms with Crippen molar-refractivity contribution in [3.63, 3.8) is 0 Å². The molecule has 46 valence electrons. The second kappa shape index (κ2) is 4.37. The fourth-order valence-electron chi connectivity index (χ4n) is 0.248. The minimum absolute atomic E-state index is 0.0325. The van der Waals surface area contributed by atoms with E-state index in [1.54, 1.807) is 20.1 Å². The second-order valence-corrected chi connectivity index (χ2v) is 1.56. The van der Waals surface area contributed by atoms with Crippen molar-refractivity contribution in [3.05, 3.63) is 12.3 Å². The van der Waals surface area contributed by atoms with E-state index in [2.05, 4.69) is 4.74 Å². The Labute approximate surface area is 49.1 Å². The lowest BCUT2D eigenvalue weighted by atomic mass is 10.2. The van der Waals surface area contributed by atoms with Crippen LogP contribution >= 0.6 is 0 Å². The Kier molecular flexibility index (Phi) is 3.94. The first-order valence-corrected chi connectivity index (χ1v) is 2.46. The zero-order valence-corrected chi connectivity index (χ0v) is 5.13. The van der Waals surface area contributed by atoms with Crippen LogP contribution in [-0.4, -0.2) is 13.4 Å². The van der Waals surface area contributed by atoms with Gasteiger partial charge in [0.05, 0.1) is 13.4 Å². The molecule has 0 radical (unpaired) electrons. The Bertz CT molecular complexity index is 86.5. The predicted molar refractivity (Wildman–Crippen MR) is 31.4 cm³/mol. The Morgan fingerprint density at radius 2 is 2.25 bits per heavy atom. The van der Waals surface area contributed by atoms with Gasteiger partial charge < -0.3 is 9.53 Å². The molecule has 2 nitrogen and oxygen atoms in total. The fraction of sp³-hybridized carbons (Fsp3) is 0.500. The van der Waals surface area contributed by atoms with Crippen molar-refractivity contribution < 1.29 is 9.53 Å². The highest BCUT2D eigenvalue weighted by molar-refractivity contribution is 5.55. The molecule has 0 fully saturated rings. The Balaban J connectivity index is 3.35. The van der Waals surface area contributed by atoms with Gasteiger partial charge in [-0.15, -0.1) is 0 Å².